The Morgan fingerprint density at radius 1 is 1.00 bits per heavy atom. The number of anilines is 1. The Hall–Kier alpha value is -1.74. The highest BCUT2D eigenvalue weighted by Gasteiger charge is 2.49. The van der Waals surface area contributed by atoms with Crippen LogP contribution in [0.4, 0.5) is 5.69 Å². The summed E-state index contributed by atoms with van der Waals surface area (Å²) >= 11 is 0. The predicted octanol–water partition coefficient (Wildman–Crippen LogP) is 5.33. The first kappa shape index (κ1) is 15.8. The minimum atomic E-state index is -1.22. The van der Waals surface area contributed by atoms with E-state index in [0.717, 1.165) is 5.75 Å². The van der Waals surface area contributed by atoms with Gasteiger partial charge < -0.3 is 9.64 Å². The second-order valence-corrected chi connectivity index (χ2v) is 13.9. The molecule has 0 radical (unpaired) electrons. The van der Waals surface area contributed by atoms with Gasteiger partial charge in [-0.15, -0.1) is 0 Å². The molecule has 0 fully saturated rings. The topological polar surface area (TPSA) is 12.5 Å². The van der Waals surface area contributed by atoms with Gasteiger partial charge in [-0.05, 0) is 40.8 Å². The first-order valence-corrected chi connectivity index (χ1v) is 12.6. The third-order valence-electron chi connectivity index (χ3n) is 5.57. The molecule has 3 unspecified atom stereocenters. The van der Waals surface area contributed by atoms with Gasteiger partial charge >= 0.3 is 0 Å². The van der Waals surface area contributed by atoms with Crippen molar-refractivity contribution in [3.05, 3.63) is 59.2 Å². The Kier molecular flexibility index (Phi) is 3.54. The van der Waals surface area contributed by atoms with Gasteiger partial charge in [-0.1, -0.05) is 50.8 Å². The van der Waals surface area contributed by atoms with Crippen molar-refractivity contribution >= 4 is 13.8 Å². The molecule has 3 atom stereocenters. The third-order valence-corrected chi connectivity index (χ3v) is 6.86. The lowest BCUT2D eigenvalue weighted by molar-refractivity contribution is 0.413. The summed E-state index contributed by atoms with van der Waals surface area (Å²) < 4.78 is 5.53. The van der Waals surface area contributed by atoms with E-state index in [9.17, 15) is 0 Å². The fourth-order valence-electron chi connectivity index (χ4n) is 4.69. The van der Waals surface area contributed by atoms with Crippen LogP contribution in [0.5, 0.6) is 5.75 Å². The summed E-state index contributed by atoms with van der Waals surface area (Å²) in [6, 6.07) is 16.2. The van der Waals surface area contributed by atoms with Crippen LogP contribution in [-0.2, 0) is 0 Å². The third kappa shape index (κ3) is 2.29. The Morgan fingerprint density at radius 2 is 1.71 bits per heavy atom. The van der Waals surface area contributed by atoms with Crippen LogP contribution >= 0.6 is 0 Å². The van der Waals surface area contributed by atoms with Crippen molar-refractivity contribution in [1.29, 1.82) is 0 Å². The van der Waals surface area contributed by atoms with E-state index in [0.29, 0.717) is 17.9 Å². The maximum absolute atomic E-state index is 5.53. The molecule has 1 heterocycles. The lowest BCUT2D eigenvalue weighted by Gasteiger charge is -2.33. The number of hydrogen-bond acceptors (Lipinski definition) is 2. The molecule has 126 valence electrons. The number of fused-ring (bicyclic) bond motifs is 5. The van der Waals surface area contributed by atoms with Crippen LogP contribution in [0.15, 0.2) is 42.5 Å². The average molecular weight is 338 g/mol. The molecule has 2 aliphatic rings. The van der Waals surface area contributed by atoms with E-state index in [-0.39, 0.29) is 0 Å². The van der Waals surface area contributed by atoms with Gasteiger partial charge in [0.25, 0.3) is 0 Å². The van der Waals surface area contributed by atoms with E-state index in [1.165, 1.54) is 28.5 Å². The maximum Gasteiger partial charge on any atom is 0.119 e. The SMILES string of the molecule is COc1ccc2c(c1)C1C(C)c3ccccc3C1N2C[Si](C)(C)C. The number of nitrogens with zero attached hydrogens (tertiary/aromatic N) is 1. The van der Waals surface area contributed by atoms with Crippen LogP contribution in [0, 0.1) is 0 Å². The number of hydrogen-bond donors (Lipinski definition) is 0. The minimum Gasteiger partial charge on any atom is -0.497 e. The molecule has 0 spiro atoms. The summed E-state index contributed by atoms with van der Waals surface area (Å²) in [7, 11) is 0.544. The number of methoxy groups -OCH3 is 1. The van der Waals surface area contributed by atoms with Gasteiger partial charge in [-0.3, -0.25) is 0 Å². The summed E-state index contributed by atoms with van der Waals surface area (Å²) in [6.07, 6.45) is 1.20. The molecular formula is C21H27NOSi. The summed E-state index contributed by atoms with van der Waals surface area (Å²) in [5.74, 6) is 2.08. The lowest BCUT2D eigenvalue weighted by atomic mass is 9.88. The van der Waals surface area contributed by atoms with Crippen LogP contribution in [0.25, 0.3) is 0 Å². The zero-order valence-electron chi connectivity index (χ0n) is 15.3. The van der Waals surface area contributed by atoms with Crippen LogP contribution < -0.4 is 9.64 Å². The molecule has 24 heavy (non-hydrogen) atoms. The Balaban J connectivity index is 1.88. The summed E-state index contributed by atoms with van der Waals surface area (Å²) in [6.45, 7) is 9.79. The highest BCUT2D eigenvalue weighted by atomic mass is 28.3. The number of benzene rings is 2. The first-order valence-electron chi connectivity index (χ1n) is 8.94. The minimum absolute atomic E-state index is 0.491. The van der Waals surface area contributed by atoms with Crippen molar-refractivity contribution in [2.24, 2.45) is 0 Å². The van der Waals surface area contributed by atoms with E-state index in [1.807, 2.05) is 0 Å². The zero-order valence-corrected chi connectivity index (χ0v) is 16.3. The van der Waals surface area contributed by atoms with Crippen LogP contribution in [0.2, 0.25) is 19.6 Å². The Bertz CT molecular complexity index is 780. The van der Waals surface area contributed by atoms with E-state index in [1.54, 1.807) is 7.11 Å². The number of ether oxygens (including phenoxy) is 1. The quantitative estimate of drug-likeness (QED) is 0.701. The van der Waals surface area contributed by atoms with Gasteiger partial charge in [0, 0.05) is 17.8 Å². The van der Waals surface area contributed by atoms with Gasteiger partial charge in [0.05, 0.1) is 21.2 Å². The van der Waals surface area contributed by atoms with Gasteiger partial charge in [0.2, 0.25) is 0 Å². The summed E-state index contributed by atoms with van der Waals surface area (Å²) in [4.78, 5) is 2.70. The van der Waals surface area contributed by atoms with Crippen molar-refractivity contribution in [2.75, 3.05) is 18.2 Å². The average Bonchev–Trinajstić information content (AvgIpc) is 3.01. The molecule has 2 aromatic carbocycles. The van der Waals surface area contributed by atoms with Crippen molar-refractivity contribution in [3.8, 4) is 5.75 Å². The zero-order chi connectivity index (χ0) is 17.1. The molecule has 0 saturated heterocycles. The number of rotatable bonds is 3. The Morgan fingerprint density at radius 3 is 2.38 bits per heavy atom. The van der Waals surface area contributed by atoms with E-state index >= 15 is 0 Å². The summed E-state index contributed by atoms with van der Waals surface area (Å²) in [5, 5.41) is 0. The maximum atomic E-state index is 5.53. The molecule has 3 heteroatoms. The normalized spacial score (nSPS) is 24.5. The van der Waals surface area contributed by atoms with Crippen molar-refractivity contribution in [1.82, 2.24) is 0 Å². The second-order valence-electron chi connectivity index (χ2n) is 8.50. The van der Waals surface area contributed by atoms with Gasteiger partial charge in [0.15, 0.2) is 0 Å². The van der Waals surface area contributed by atoms with E-state index < -0.39 is 8.07 Å². The van der Waals surface area contributed by atoms with Crippen LogP contribution in [0.3, 0.4) is 0 Å². The molecule has 0 N–H and O–H groups in total. The smallest absolute Gasteiger partial charge is 0.119 e. The van der Waals surface area contributed by atoms with Gasteiger partial charge in [0.1, 0.15) is 5.75 Å². The lowest BCUT2D eigenvalue weighted by Crippen LogP contribution is -2.40. The fourth-order valence-corrected chi connectivity index (χ4v) is 6.08. The first-order chi connectivity index (χ1) is 11.4. The largest absolute Gasteiger partial charge is 0.497 e. The second kappa shape index (κ2) is 5.38. The van der Waals surface area contributed by atoms with E-state index in [2.05, 4.69) is 73.9 Å². The molecule has 0 bridgehead atoms. The predicted molar refractivity (Wildman–Crippen MR) is 104 cm³/mol. The van der Waals surface area contributed by atoms with E-state index in [4.69, 9.17) is 4.74 Å². The fraction of sp³-hybridized carbons (Fsp3) is 0.429. The van der Waals surface area contributed by atoms with Gasteiger partial charge in [-0.25, -0.2) is 0 Å². The molecule has 0 amide bonds. The molecule has 2 aromatic rings. The molecule has 0 saturated carbocycles. The highest BCUT2D eigenvalue weighted by Crippen LogP contribution is 2.61. The van der Waals surface area contributed by atoms with Crippen LogP contribution in [-0.4, -0.2) is 21.4 Å². The van der Waals surface area contributed by atoms with Crippen molar-refractivity contribution in [2.45, 2.75) is 44.4 Å². The molecule has 0 aromatic heterocycles. The monoisotopic (exact) mass is 337 g/mol. The van der Waals surface area contributed by atoms with Crippen LogP contribution in [0.1, 0.15) is 41.5 Å². The van der Waals surface area contributed by atoms with Crippen molar-refractivity contribution in [3.63, 3.8) is 0 Å². The molecule has 1 aliphatic heterocycles. The molecule has 2 nitrogen and oxygen atoms in total. The summed E-state index contributed by atoms with van der Waals surface area (Å²) in [5.41, 5.74) is 5.96. The molecular weight excluding hydrogens is 310 g/mol. The van der Waals surface area contributed by atoms with Gasteiger partial charge in [-0.2, -0.15) is 0 Å². The molecule has 1 aliphatic carbocycles. The molecule has 4 rings (SSSR count). The Labute approximate surface area is 146 Å². The standard InChI is InChI=1S/C21H27NOSi/c1-14-16-8-6-7-9-17(16)21-20(14)18-12-15(23-2)10-11-19(18)22(21)13-24(3,4)5/h6-12,14,20-21H,13H2,1-5H3. The highest BCUT2D eigenvalue weighted by molar-refractivity contribution is 6.76. The van der Waals surface area contributed by atoms with Crippen molar-refractivity contribution < 1.29 is 4.74 Å².